The smallest absolute Gasteiger partial charge is 0.168 e. The lowest BCUT2D eigenvalue weighted by Gasteiger charge is -2.19. The number of hydrogen-bond acceptors (Lipinski definition) is 4. The molecule has 1 unspecified atom stereocenters. The third-order valence-electron chi connectivity index (χ3n) is 3.85. The van der Waals surface area contributed by atoms with Crippen molar-refractivity contribution in [2.24, 2.45) is 0 Å². The van der Waals surface area contributed by atoms with E-state index in [1.165, 1.54) is 0 Å². The van der Waals surface area contributed by atoms with Crippen molar-refractivity contribution in [3.05, 3.63) is 36.5 Å². The lowest BCUT2D eigenvalue weighted by atomic mass is 10.1. The predicted octanol–water partition coefficient (Wildman–Crippen LogP) is 3.59. The fraction of sp³-hybridized carbons (Fsp3) is 0.500. The molecule has 0 aliphatic carbocycles. The zero-order valence-electron chi connectivity index (χ0n) is 13.7. The van der Waals surface area contributed by atoms with Crippen molar-refractivity contribution in [3.8, 4) is 11.3 Å². The van der Waals surface area contributed by atoms with E-state index in [1.807, 2.05) is 38.2 Å². The molecule has 2 aromatic rings. The van der Waals surface area contributed by atoms with Crippen molar-refractivity contribution in [2.45, 2.75) is 50.1 Å². The second kappa shape index (κ2) is 7.07. The van der Waals surface area contributed by atoms with E-state index in [-0.39, 0.29) is 6.10 Å². The first-order valence-electron chi connectivity index (χ1n) is 8.11. The van der Waals surface area contributed by atoms with Gasteiger partial charge in [-0.1, -0.05) is 42.1 Å². The Balaban J connectivity index is 1.87. The summed E-state index contributed by atoms with van der Waals surface area (Å²) in [6, 6.07) is 10.3. The molecule has 0 saturated carbocycles. The molecular weight excluding hydrogens is 308 g/mol. The number of benzene rings is 1. The molecule has 23 heavy (non-hydrogen) atoms. The highest BCUT2D eigenvalue weighted by Gasteiger charge is 2.22. The van der Waals surface area contributed by atoms with Gasteiger partial charge in [0.1, 0.15) is 0 Å². The minimum Gasteiger partial charge on any atom is -0.390 e. The lowest BCUT2D eigenvalue weighted by Crippen LogP contribution is -2.22. The highest BCUT2D eigenvalue weighted by molar-refractivity contribution is 7.99. The van der Waals surface area contributed by atoms with Crippen LogP contribution < -0.4 is 0 Å². The van der Waals surface area contributed by atoms with Gasteiger partial charge in [0.05, 0.1) is 30.1 Å². The molecule has 1 atom stereocenters. The molecule has 1 aliphatic heterocycles. The van der Waals surface area contributed by atoms with Gasteiger partial charge in [-0.25, -0.2) is 4.98 Å². The minimum absolute atomic E-state index is 0.258. The fourth-order valence-corrected chi connectivity index (χ4v) is 3.66. The van der Waals surface area contributed by atoms with E-state index in [2.05, 4.69) is 21.7 Å². The molecule has 1 aliphatic rings. The van der Waals surface area contributed by atoms with E-state index in [1.54, 1.807) is 11.8 Å². The van der Waals surface area contributed by atoms with E-state index in [9.17, 15) is 5.11 Å². The molecule has 0 spiro atoms. The average molecular weight is 332 g/mol. The normalized spacial score (nSPS) is 18.5. The van der Waals surface area contributed by atoms with Crippen molar-refractivity contribution >= 4 is 11.8 Å². The first-order chi connectivity index (χ1) is 11.0. The molecule has 1 aromatic carbocycles. The van der Waals surface area contributed by atoms with Crippen LogP contribution in [0.15, 0.2) is 41.7 Å². The molecule has 1 fully saturated rings. The lowest BCUT2D eigenvalue weighted by molar-refractivity contribution is 0.0952. The van der Waals surface area contributed by atoms with Crippen LogP contribution in [0, 0.1) is 0 Å². The van der Waals surface area contributed by atoms with Crippen LogP contribution in [0.3, 0.4) is 0 Å². The first kappa shape index (κ1) is 16.6. The zero-order chi connectivity index (χ0) is 16.3. The van der Waals surface area contributed by atoms with Gasteiger partial charge in [0.2, 0.25) is 0 Å². The van der Waals surface area contributed by atoms with Crippen molar-refractivity contribution in [1.82, 2.24) is 9.55 Å². The number of imidazole rings is 1. The number of aromatic nitrogens is 2. The highest BCUT2D eigenvalue weighted by atomic mass is 32.2. The first-order valence-corrected chi connectivity index (χ1v) is 9.09. The molecule has 0 bridgehead atoms. The van der Waals surface area contributed by atoms with Gasteiger partial charge in [0.25, 0.3) is 0 Å². The molecular formula is C18H24N2O2S. The average Bonchev–Trinajstić information content (AvgIpc) is 3.16. The Hall–Kier alpha value is -1.30. The van der Waals surface area contributed by atoms with E-state index in [0.29, 0.717) is 5.75 Å². The maximum atomic E-state index is 10.00. The molecule has 1 aromatic heterocycles. The van der Waals surface area contributed by atoms with Crippen molar-refractivity contribution in [2.75, 3.05) is 12.4 Å². The number of ether oxygens (including phenoxy) is 1. The van der Waals surface area contributed by atoms with Gasteiger partial charge in [0.15, 0.2) is 5.16 Å². The molecule has 2 heterocycles. The third-order valence-corrected chi connectivity index (χ3v) is 5.29. The van der Waals surface area contributed by atoms with Crippen molar-refractivity contribution in [3.63, 3.8) is 0 Å². The molecule has 1 N–H and O–H groups in total. The number of thioether (sulfide) groups is 1. The SMILES string of the molecule is CC(C)(O)CSc1ncc(-c2ccccc2)n1CC1CCCO1. The third kappa shape index (κ3) is 4.37. The quantitative estimate of drug-likeness (QED) is 0.821. The Bertz CT molecular complexity index is 628. The van der Waals surface area contributed by atoms with E-state index >= 15 is 0 Å². The summed E-state index contributed by atoms with van der Waals surface area (Å²) in [6.45, 7) is 5.32. The Morgan fingerprint density at radius 2 is 2.13 bits per heavy atom. The van der Waals surface area contributed by atoms with Crippen LogP contribution in [0.25, 0.3) is 11.3 Å². The van der Waals surface area contributed by atoms with Crippen LogP contribution in [0.2, 0.25) is 0 Å². The number of aliphatic hydroxyl groups is 1. The summed E-state index contributed by atoms with van der Waals surface area (Å²) in [6.07, 6.45) is 4.42. The Morgan fingerprint density at radius 1 is 1.35 bits per heavy atom. The second-order valence-corrected chi connectivity index (χ2v) is 7.58. The fourth-order valence-electron chi connectivity index (χ4n) is 2.72. The molecule has 124 valence electrons. The van der Waals surface area contributed by atoms with E-state index in [4.69, 9.17) is 4.74 Å². The summed E-state index contributed by atoms with van der Waals surface area (Å²) in [5.74, 6) is 0.615. The second-order valence-electron chi connectivity index (χ2n) is 6.64. The summed E-state index contributed by atoms with van der Waals surface area (Å²) in [5.41, 5.74) is 1.56. The standard InChI is InChI=1S/C18H24N2O2S/c1-18(2,21)13-23-17-19-11-16(14-7-4-3-5-8-14)20(17)12-15-9-6-10-22-15/h3-5,7-8,11,15,21H,6,9-10,12-13H2,1-2H3. The summed E-state index contributed by atoms with van der Waals surface area (Å²) >= 11 is 1.60. The Morgan fingerprint density at radius 3 is 2.78 bits per heavy atom. The predicted molar refractivity (Wildman–Crippen MR) is 93.7 cm³/mol. The number of nitrogens with zero attached hydrogens (tertiary/aromatic N) is 2. The van der Waals surface area contributed by atoms with Crippen LogP contribution in [-0.2, 0) is 11.3 Å². The summed E-state index contributed by atoms with van der Waals surface area (Å²) in [4.78, 5) is 4.60. The summed E-state index contributed by atoms with van der Waals surface area (Å²) in [5, 5.41) is 10.9. The van der Waals surface area contributed by atoms with Gasteiger partial charge in [-0.05, 0) is 32.3 Å². The number of hydrogen-bond donors (Lipinski definition) is 1. The van der Waals surface area contributed by atoms with Crippen LogP contribution >= 0.6 is 11.8 Å². The van der Waals surface area contributed by atoms with Gasteiger partial charge < -0.3 is 14.4 Å². The van der Waals surface area contributed by atoms with Gasteiger partial charge in [-0.15, -0.1) is 0 Å². The summed E-state index contributed by atoms with van der Waals surface area (Å²) in [7, 11) is 0. The van der Waals surface area contributed by atoms with Gasteiger partial charge >= 0.3 is 0 Å². The maximum absolute atomic E-state index is 10.00. The largest absolute Gasteiger partial charge is 0.390 e. The van der Waals surface area contributed by atoms with Crippen molar-refractivity contribution in [1.29, 1.82) is 0 Å². The minimum atomic E-state index is -0.710. The number of rotatable bonds is 6. The monoisotopic (exact) mass is 332 g/mol. The van der Waals surface area contributed by atoms with Crippen molar-refractivity contribution < 1.29 is 9.84 Å². The molecule has 4 nitrogen and oxygen atoms in total. The van der Waals surface area contributed by atoms with Gasteiger partial charge in [-0.3, -0.25) is 0 Å². The highest BCUT2D eigenvalue weighted by Crippen LogP contribution is 2.29. The summed E-state index contributed by atoms with van der Waals surface area (Å²) < 4.78 is 8.05. The van der Waals surface area contributed by atoms with E-state index < -0.39 is 5.60 Å². The molecule has 5 heteroatoms. The van der Waals surface area contributed by atoms with Crippen LogP contribution in [-0.4, -0.2) is 38.7 Å². The maximum Gasteiger partial charge on any atom is 0.168 e. The Kier molecular flexibility index (Phi) is 5.09. The van der Waals surface area contributed by atoms with Crippen LogP contribution in [0.4, 0.5) is 0 Å². The van der Waals surface area contributed by atoms with Gasteiger partial charge in [0, 0.05) is 12.4 Å². The molecule has 1 saturated heterocycles. The molecule has 0 radical (unpaired) electrons. The topological polar surface area (TPSA) is 47.3 Å². The molecule has 0 amide bonds. The van der Waals surface area contributed by atoms with Crippen LogP contribution in [0.1, 0.15) is 26.7 Å². The molecule has 3 rings (SSSR count). The Labute approximate surface area is 141 Å². The van der Waals surface area contributed by atoms with Crippen LogP contribution in [0.5, 0.6) is 0 Å². The van der Waals surface area contributed by atoms with Gasteiger partial charge in [-0.2, -0.15) is 0 Å². The van der Waals surface area contributed by atoms with E-state index in [0.717, 1.165) is 42.4 Å². The zero-order valence-corrected chi connectivity index (χ0v) is 14.6.